The standard InChI is InChI=1S/C17H27NO2/c1-13(2)20-11-5-10-18-17-7-4-6-14-8-9-15(19-3)12-16(14)17/h8-9,12-13,17-18H,4-7,10-11H2,1-3H3. The maximum atomic E-state index is 5.58. The average Bonchev–Trinajstić information content (AvgIpc) is 2.46. The number of rotatable bonds is 7. The van der Waals surface area contributed by atoms with Gasteiger partial charge in [0.05, 0.1) is 13.2 Å². The van der Waals surface area contributed by atoms with Crippen LogP contribution >= 0.6 is 0 Å². The van der Waals surface area contributed by atoms with Gasteiger partial charge in [-0.15, -0.1) is 0 Å². The third-order valence-electron chi connectivity index (χ3n) is 3.83. The number of fused-ring (bicyclic) bond motifs is 1. The third kappa shape index (κ3) is 4.22. The largest absolute Gasteiger partial charge is 0.497 e. The predicted octanol–water partition coefficient (Wildman–Crippen LogP) is 3.48. The number of methoxy groups -OCH3 is 1. The van der Waals surface area contributed by atoms with Gasteiger partial charge < -0.3 is 14.8 Å². The van der Waals surface area contributed by atoms with Crippen molar-refractivity contribution in [2.45, 2.75) is 51.7 Å². The lowest BCUT2D eigenvalue weighted by Crippen LogP contribution is -2.27. The van der Waals surface area contributed by atoms with Crippen molar-refractivity contribution in [3.05, 3.63) is 29.3 Å². The molecule has 112 valence electrons. The van der Waals surface area contributed by atoms with Crippen LogP contribution in [-0.4, -0.2) is 26.4 Å². The average molecular weight is 277 g/mol. The molecule has 0 saturated carbocycles. The van der Waals surface area contributed by atoms with E-state index in [9.17, 15) is 0 Å². The summed E-state index contributed by atoms with van der Waals surface area (Å²) in [6.07, 6.45) is 5.06. The van der Waals surface area contributed by atoms with Gasteiger partial charge in [0.15, 0.2) is 0 Å². The first kappa shape index (κ1) is 15.3. The van der Waals surface area contributed by atoms with E-state index in [-0.39, 0.29) is 0 Å². The molecule has 1 aromatic carbocycles. The Hall–Kier alpha value is -1.06. The Morgan fingerprint density at radius 1 is 1.35 bits per heavy atom. The second-order valence-electron chi connectivity index (χ2n) is 5.74. The molecule has 1 aliphatic carbocycles. The van der Waals surface area contributed by atoms with Gasteiger partial charge in [0.1, 0.15) is 5.75 Å². The first-order chi connectivity index (χ1) is 9.70. The Morgan fingerprint density at radius 2 is 2.20 bits per heavy atom. The molecule has 1 N–H and O–H groups in total. The number of hydrogen-bond acceptors (Lipinski definition) is 3. The summed E-state index contributed by atoms with van der Waals surface area (Å²) in [6.45, 7) is 6.00. The summed E-state index contributed by atoms with van der Waals surface area (Å²) in [7, 11) is 1.73. The summed E-state index contributed by atoms with van der Waals surface area (Å²) in [5, 5.41) is 3.67. The van der Waals surface area contributed by atoms with Crippen molar-refractivity contribution >= 4 is 0 Å². The van der Waals surface area contributed by atoms with Gasteiger partial charge in [0.2, 0.25) is 0 Å². The van der Waals surface area contributed by atoms with Crippen LogP contribution in [0, 0.1) is 0 Å². The summed E-state index contributed by atoms with van der Waals surface area (Å²) >= 11 is 0. The van der Waals surface area contributed by atoms with Crippen molar-refractivity contribution in [3.8, 4) is 5.75 Å². The highest BCUT2D eigenvalue weighted by molar-refractivity contribution is 5.39. The molecule has 0 aromatic heterocycles. The zero-order valence-corrected chi connectivity index (χ0v) is 12.9. The fraction of sp³-hybridized carbons (Fsp3) is 0.647. The summed E-state index contributed by atoms with van der Waals surface area (Å²) in [5.74, 6) is 0.959. The van der Waals surface area contributed by atoms with Crippen molar-refractivity contribution in [3.63, 3.8) is 0 Å². The normalized spacial score (nSPS) is 18.1. The maximum absolute atomic E-state index is 5.58. The molecule has 3 heteroatoms. The first-order valence-corrected chi connectivity index (χ1v) is 7.72. The van der Waals surface area contributed by atoms with Gasteiger partial charge >= 0.3 is 0 Å². The Kier molecular flexibility index (Phi) is 5.86. The lowest BCUT2D eigenvalue weighted by atomic mass is 9.87. The number of benzene rings is 1. The van der Waals surface area contributed by atoms with Crippen LogP contribution in [0.15, 0.2) is 18.2 Å². The quantitative estimate of drug-likeness (QED) is 0.774. The van der Waals surface area contributed by atoms with Crippen LogP contribution in [0.4, 0.5) is 0 Å². The second-order valence-corrected chi connectivity index (χ2v) is 5.74. The molecule has 1 aliphatic rings. The third-order valence-corrected chi connectivity index (χ3v) is 3.83. The monoisotopic (exact) mass is 277 g/mol. The zero-order chi connectivity index (χ0) is 14.4. The molecule has 0 fully saturated rings. The Morgan fingerprint density at radius 3 is 2.95 bits per heavy atom. The molecule has 0 saturated heterocycles. The molecule has 1 aromatic rings. The van der Waals surface area contributed by atoms with Crippen LogP contribution < -0.4 is 10.1 Å². The Bertz CT molecular complexity index is 417. The van der Waals surface area contributed by atoms with Crippen LogP contribution in [0.5, 0.6) is 5.75 Å². The summed E-state index contributed by atoms with van der Waals surface area (Å²) in [6, 6.07) is 6.94. The SMILES string of the molecule is COc1ccc2c(c1)C(NCCCOC(C)C)CCC2. The van der Waals surface area contributed by atoms with Crippen LogP contribution in [0.2, 0.25) is 0 Å². The minimum Gasteiger partial charge on any atom is -0.497 e. The minimum atomic E-state index is 0.328. The number of hydrogen-bond donors (Lipinski definition) is 1. The van der Waals surface area contributed by atoms with Gasteiger partial charge in [-0.25, -0.2) is 0 Å². The lowest BCUT2D eigenvalue weighted by molar-refractivity contribution is 0.0766. The molecule has 0 amide bonds. The minimum absolute atomic E-state index is 0.328. The van der Waals surface area contributed by atoms with E-state index < -0.39 is 0 Å². The van der Waals surface area contributed by atoms with Crippen LogP contribution in [0.3, 0.4) is 0 Å². The molecule has 0 radical (unpaired) electrons. The number of nitrogens with one attached hydrogen (secondary N) is 1. The van der Waals surface area contributed by atoms with Crippen molar-refractivity contribution in [2.24, 2.45) is 0 Å². The molecule has 0 aliphatic heterocycles. The molecule has 0 bridgehead atoms. The van der Waals surface area contributed by atoms with E-state index in [2.05, 4.69) is 37.4 Å². The van der Waals surface area contributed by atoms with Crippen molar-refractivity contribution in [2.75, 3.05) is 20.3 Å². The zero-order valence-electron chi connectivity index (χ0n) is 12.9. The fourth-order valence-electron chi connectivity index (χ4n) is 2.78. The predicted molar refractivity (Wildman–Crippen MR) is 82.4 cm³/mol. The van der Waals surface area contributed by atoms with Gasteiger partial charge in [-0.05, 0) is 69.3 Å². The van der Waals surface area contributed by atoms with Gasteiger partial charge in [-0.2, -0.15) is 0 Å². The molecular formula is C17H27NO2. The topological polar surface area (TPSA) is 30.5 Å². The Labute approximate surface area is 122 Å². The lowest BCUT2D eigenvalue weighted by Gasteiger charge is -2.27. The first-order valence-electron chi connectivity index (χ1n) is 7.72. The van der Waals surface area contributed by atoms with Gasteiger partial charge in [-0.3, -0.25) is 0 Å². The van der Waals surface area contributed by atoms with E-state index in [1.807, 2.05) is 0 Å². The molecule has 20 heavy (non-hydrogen) atoms. The maximum Gasteiger partial charge on any atom is 0.119 e. The number of ether oxygens (including phenoxy) is 2. The molecule has 2 rings (SSSR count). The summed E-state index contributed by atoms with van der Waals surface area (Å²) in [5.41, 5.74) is 2.88. The van der Waals surface area contributed by atoms with Crippen molar-refractivity contribution < 1.29 is 9.47 Å². The fourth-order valence-corrected chi connectivity index (χ4v) is 2.78. The number of aryl methyl sites for hydroxylation is 1. The van der Waals surface area contributed by atoms with E-state index in [0.717, 1.165) is 25.3 Å². The van der Waals surface area contributed by atoms with E-state index in [1.54, 1.807) is 7.11 Å². The van der Waals surface area contributed by atoms with E-state index in [4.69, 9.17) is 9.47 Å². The highest BCUT2D eigenvalue weighted by Gasteiger charge is 2.20. The van der Waals surface area contributed by atoms with Crippen LogP contribution in [0.1, 0.15) is 50.3 Å². The Balaban J connectivity index is 1.87. The van der Waals surface area contributed by atoms with Gasteiger partial charge in [0.25, 0.3) is 0 Å². The highest BCUT2D eigenvalue weighted by atomic mass is 16.5. The van der Waals surface area contributed by atoms with Crippen molar-refractivity contribution in [1.29, 1.82) is 0 Å². The molecule has 0 spiro atoms. The molecule has 1 unspecified atom stereocenters. The van der Waals surface area contributed by atoms with E-state index in [0.29, 0.717) is 12.1 Å². The molecule has 1 atom stereocenters. The molecule has 0 heterocycles. The van der Waals surface area contributed by atoms with Crippen LogP contribution in [0.25, 0.3) is 0 Å². The summed E-state index contributed by atoms with van der Waals surface area (Å²) in [4.78, 5) is 0. The van der Waals surface area contributed by atoms with Gasteiger partial charge in [-0.1, -0.05) is 6.07 Å². The van der Waals surface area contributed by atoms with Gasteiger partial charge in [0, 0.05) is 12.6 Å². The molecule has 3 nitrogen and oxygen atoms in total. The summed E-state index contributed by atoms with van der Waals surface area (Å²) < 4.78 is 10.9. The smallest absolute Gasteiger partial charge is 0.119 e. The van der Waals surface area contributed by atoms with E-state index in [1.165, 1.54) is 30.4 Å². The molecular weight excluding hydrogens is 250 g/mol. The highest BCUT2D eigenvalue weighted by Crippen LogP contribution is 2.32. The van der Waals surface area contributed by atoms with Crippen molar-refractivity contribution in [1.82, 2.24) is 5.32 Å². The second kappa shape index (κ2) is 7.65. The van der Waals surface area contributed by atoms with E-state index >= 15 is 0 Å². The van der Waals surface area contributed by atoms with Crippen LogP contribution in [-0.2, 0) is 11.2 Å².